The molecule has 0 unspecified atom stereocenters. The molecule has 1 heterocycles. The van der Waals surface area contributed by atoms with E-state index in [-0.39, 0.29) is 11.9 Å². The number of amides is 1. The van der Waals surface area contributed by atoms with Gasteiger partial charge in [0.15, 0.2) is 0 Å². The molecule has 3 nitrogen and oxygen atoms in total. The van der Waals surface area contributed by atoms with E-state index in [0.29, 0.717) is 6.42 Å². The fourth-order valence-electron chi connectivity index (χ4n) is 2.60. The van der Waals surface area contributed by atoms with Crippen molar-refractivity contribution >= 4 is 17.2 Å². The van der Waals surface area contributed by atoms with E-state index in [2.05, 4.69) is 5.32 Å². The average Bonchev–Trinajstić information content (AvgIpc) is 3.15. The first kappa shape index (κ1) is 16.3. The molecule has 24 heavy (non-hydrogen) atoms. The predicted octanol–water partition coefficient (Wildman–Crippen LogP) is 4.21. The molecule has 122 valence electrons. The van der Waals surface area contributed by atoms with Gasteiger partial charge in [0.05, 0.1) is 19.6 Å². The van der Waals surface area contributed by atoms with Crippen molar-refractivity contribution in [2.24, 2.45) is 0 Å². The summed E-state index contributed by atoms with van der Waals surface area (Å²) in [6.07, 6.45) is 0.325. The van der Waals surface area contributed by atoms with Crippen LogP contribution in [0.2, 0.25) is 0 Å². The second-order valence-corrected chi connectivity index (χ2v) is 6.43. The van der Waals surface area contributed by atoms with Crippen LogP contribution in [0.15, 0.2) is 72.1 Å². The van der Waals surface area contributed by atoms with Crippen molar-refractivity contribution in [3.8, 4) is 5.75 Å². The van der Waals surface area contributed by atoms with E-state index in [1.165, 1.54) is 0 Å². The molecule has 0 aliphatic heterocycles. The van der Waals surface area contributed by atoms with Gasteiger partial charge in [-0.2, -0.15) is 0 Å². The lowest BCUT2D eigenvalue weighted by Gasteiger charge is -2.18. The molecule has 2 aromatic carbocycles. The summed E-state index contributed by atoms with van der Waals surface area (Å²) in [5, 5.41) is 5.18. The lowest BCUT2D eigenvalue weighted by atomic mass is 10.0. The molecule has 0 saturated carbocycles. The van der Waals surface area contributed by atoms with Crippen LogP contribution in [0.3, 0.4) is 0 Å². The first-order valence-electron chi connectivity index (χ1n) is 7.77. The molecule has 0 aliphatic rings. The highest BCUT2D eigenvalue weighted by molar-refractivity contribution is 7.10. The monoisotopic (exact) mass is 337 g/mol. The highest BCUT2D eigenvalue weighted by atomic mass is 32.1. The molecule has 4 heteroatoms. The van der Waals surface area contributed by atoms with E-state index < -0.39 is 0 Å². The Balaban J connectivity index is 1.76. The van der Waals surface area contributed by atoms with Gasteiger partial charge < -0.3 is 10.1 Å². The Morgan fingerprint density at radius 2 is 1.92 bits per heavy atom. The van der Waals surface area contributed by atoms with Crippen molar-refractivity contribution < 1.29 is 9.53 Å². The van der Waals surface area contributed by atoms with Crippen molar-refractivity contribution in [2.75, 3.05) is 7.11 Å². The van der Waals surface area contributed by atoms with Gasteiger partial charge in [-0.1, -0.05) is 48.5 Å². The molecule has 0 aliphatic carbocycles. The van der Waals surface area contributed by atoms with Gasteiger partial charge in [-0.25, -0.2) is 0 Å². The Morgan fingerprint density at radius 3 is 2.62 bits per heavy atom. The van der Waals surface area contributed by atoms with Crippen molar-refractivity contribution in [3.63, 3.8) is 0 Å². The Bertz CT molecular complexity index is 784. The van der Waals surface area contributed by atoms with Crippen molar-refractivity contribution in [2.45, 2.75) is 12.5 Å². The number of rotatable bonds is 6. The van der Waals surface area contributed by atoms with E-state index >= 15 is 0 Å². The molecule has 3 aromatic rings. The van der Waals surface area contributed by atoms with E-state index in [9.17, 15) is 4.79 Å². The molecule has 0 fully saturated rings. The van der Waals surface area contributed by atoms with Crippen LogP contribution in [0.4, 0.5) is 0 Å². The molecule has 0 spiro atoms. The van der Waals surface area contributed by atoms with E-state index in [4.69, 9.17) is 4.74 Å². The van der Waals surface area contributed by atoms with Crippen molar-refractivity contribution in [3.05, 3.63) is 88.1 Å². The third kappa shape index (κ3) is 4.03. The van der Waals surface area contributed by atoms with E-state index in [0.717, 1.165) is 21.8 Å². The maximum atomic E-state index is 12.5. The number of benzene rings is 2. The predicted molar refractivity (Wildman–Crippen MR) is 97.4 cm³/mol. The SMILES string of the molecule is COc1cccc(CC(=O)N[C@@H](c2ccccc2)c2cccs2)c1. The van der Waals surface area contributed by atoms with Crippen LogP contribution < -0.4 is 10.1 Å². The third-order valence-electron chi connectivity index (χ3n) is 3.76. The number of carbonyl (C=O) groups is 1. The molecule has 0 bridgehead atoms. The van der Waals surface area contributed by atoms with E-state index in [1.807, 2.05) is 72.1 Å². The summed E-state index contributed by atoms with van der Waals surface area (Å²) in [5.74, 6) is 0.753. The quantitative estimate of drug-likeness (QED) is 0.732. The Hall–Kier alpha value is -2.59. The van der Waals surface area contributed by atoms with Crippen LogP contribution in [-0.4, -0.2) is 13.0 Å². The topological polar surface area (TPSA) is 38.3 Å². The molecule has 0 saturated heterocycles. The zero-order valence-electron chi connectivity index (χ0n) is 13.4. The van der Waals surface area contributed by atoms with Crippen molar-refractivity contribution in [1.29, 1.82) is 0 Å². The summed E-state index contributed by atoms with van der Waals surface area (Å²) in [6.45, 7) is 0. The van der Waals surface area contributed by atoms with Crippen LogP contribution in [0, 0.1) is 0 Å². The minimum absolute atomic E-state index is 0.00879. The standard InChI is InChI=1S/C20H19NO2S/c1-23-17-10-5-7-15(13-17)14-19(22)21-20(18-11-6-12-24-18)16-8-3-2-4-9-16/h2-13,20H,14H2,1H3,(H,21,22)/t20-/m0/s1. The second kappa shape index (κ2) is 7.79. The summed E-state index contributed by atoms with van der Waals surface area (Å²) >= 11 is 1.65. The third-order valence-corrected chi connectivity index (χ3v) is 4.70. The largest absolute Gasteiger partial charge is 0.497 e. The number of hydrogen-bond donors (Lipinski definition) is 1. The van der Waals surface area contributed by atoms with E-state index in [1.54, 1.807) is 18.4 Å². The maximum absolute atomic E-state index is 12.5. The van der Waals surface area contributed by atoms with Gasteiger partial charge in [0.25, 0.3) is 0 Å². The van der Waals surface area contributed by atoms with Gasteiger partial charge in [-0.05, 0) is 34.7 Å². The summed E-state index contributed by atoms with van der Waals surface area (Å²) in [7, 11) is 1.63. The molecule has 1 aromatic heterocycles. The smallest absolute Gasteiger partial charge is 0.225 e. The Morgan fingerprint density at radius 1 is 1.08 bits per heavy atom. The summed E-state index contributed by atoms with van der Waals surface area (Å²) in [4.78, 5) is 13.7. The molecule has 1 atom stereocenters. The number of thiophene rings is 1. The second-order valence-electron chi connectivity index (χ2n) is 5.45. The minimum atomic E-state index is -0.121. The Labute approximate surface area is 145 Å². The number of ether oxygens (including phenoxy) is 1. The van der Waals surface area contributed by atoms with Gasteiger partial charge in [0, 0.05) is 4.88 Å². The summed E-state index contributed by atoms with van der Waals surface area (Å²) in [5.41, 5.74) is 2.02. The fraction of sp³-hybridized carbons (Fsp3) is 0.150. The van der Waals surface area contributed by atoms with Gasteiger partial charge in [0.2, 0.25) is 5.91 Å². The number of carbonyl (C=O) groups excluding carboxylic acids is 1. The van der Waals surface area contributed by atoms with Crippen LogP contribution >= 0.6 is 11.3 Å². The average molecular weight is 337 g/mol. The normalized spacial score (nSPS) is 11.7. The molecule has 1 N–H and O–H groups in total. The molecular weight excluding hydrogens is 318 g/mol. The first-order valence-corrected chi connectivity index (χ1v) is 8.65. The number of methoxy groups -OCH3 is 1. The molecule has 3 rings (SSSR count). The Kier molecular flexibility index (Phi) is 5.29. The lowest BCUT2D eigenvalue weighted by molar-refractivity contribution is -0.120. The number of hydrogen-bond acceptors (Lipinski definition) is 3. The minimum Gasteiger partial charge on any atom is -0.497 e. The summed E-state index contributed by atoms with van der Waals surface area (Å²) in [6, 6.07) is 21.6. The number of nitrogens with one attached hydrogen (secondary N) is 1. The van der Waals surface area contributed by atoms with Gasteiger partial charge in [-0.15, -0.1) is 11.3 Å². The zero-order valence-corrected chi connectivity index (χ0v) is 14.3. The van der Waals surface area contributed by atoms with Gasteiger partial charge >= 0.3 is 0 Å². The lowest BCUT2D eigenvalue weighted by Crippen LogP contribution is -2.30. The zero-order chi connectivity index (χ0) is 16.8. The molecule has 1 amide bonds. The van der Waals surface area contributed by atoms with Crippen molar-refractivity contribution in [1.82, 2.24) is 5.32 Å². The molecular formula is C20H19NO2S. The van der Waals surface area contributed by atoms with Crippen LogP contribution in [-0.2, 0) is 11.2 Å². The van der Waals surface area contributed by atoms with Gasteiger partial charge in [-0.3, -0.25) is 4.79 Å². The first-order chi connectivity index (χ1) is 11.8. The molecule has 0 radical (unpaired) electrons. The highest BCUT2D eigenvalue weighted by Gasteiger charge is 2.17. The van der Waals surface area contributed by atoms with Crippen LogP contribution in [0.25, 0.3) is 0 Å². The summed E-state index contributed by atoms with van der Waals surface area (Å²) < 4.78 is 5.22. The maximum Gasteiger partial charge on any atom is 0.225 e. The van der Waals surface area contributed by atoms with Crippen LogP contribution in [0.1, 0.15) is 22.0 Å². The van der Waals surface area contributed by atoms with Gasteiger partial charge in [0.1, 0.15) is 5.75 Å². The highest BCUT2D eigenvalue weighted by Crippen LogP contribution is 2.26. The fourth-order valence-corrected chi connectivity index (χ4v) is 3.40. The van der Waals surface area contributed by atoms with Crippen LogP contribution in [0.5, 0.6) is 5.75 Å².